The fourth-order valence-corrected chi connectivity index (χ4v) is 3.82. The average Bonchev–Trinajstić information content (AvgIpc) is 2.75. The smallest absolute Gasteiger partial charge is 0.339 e. The van der Waals surface area contributed by atoms with E-state index in [9.17, 15) is 14.4 Å². The molecule has 2 aromatic carbocycles. The second-order valence-electron chi connectivity index (χ2n) is 6.32. The zero-order valence-corrected chi connectivity index (χ0v) is 17.2. The third kappa shape index (κ3) is 4.32. The summed E-state index contributed by atoms with van der Waals surface area (Å²) < 4.78 is 6.22. The molecule has 0 saturated heterocycles. The van der Waals surface area contributed by atoms with Crippen molar-refractivity contribution in [1.29, 1.82) is 0 Å². The molecule has 0 radical (unpaired) electrons. The number of hydrogen-bond donors (Lipinski definition) is 1. The standard InChI is InChI=1S/C21H21N3O4S/c1-4-17(18(25)22-16-12-8-6-10-14(16)20(27)28-3)29-21-23-15-11-7-5-9-13(15)19(26)24(21)2/h5-12,17H,4H2,1-3H3,(H,22,25). The Morgan fingerprint density at radius 3 is 2.59 bits per heavy atom. The molecule has 3 aromatic rings. The molecule has 0 spiro atoms. The van der Waals surface area contributed by atoms with Crippen LogP contribution >= 0.6 is 11.8 Å². The predicted molar refractivity (Wildman–Crippen MR) is 113 cm³/mol. The van der Waals surface area contributed by atoms with Gasteiger partial charge < -0.3 is 10.1 Å². The number of methoxy groups -OCH3 is 1. The summed E-state index contributed by atoms with van der Waals surface area (Å²) in [4.78, 5) is 41.9. The molecule has 0 aliphatic heterocycles. The first-order valence-electron chi connectivity index (χ1n) is 9.06. The molecule has 1 unspecified atom stereocenters. The second kappa shape index (κ2) is 8.91. The fraction of sp³-hybridized carbons (Fsp3) is 0.238. The average molecular weight is 411 g/mol. The molecular formula is C21H21N3O4S. The van der Waals surface area contributed by atoms with Crippen molar-refractivity contribution in [2.24, 2.45) is 7.05 Å². The van der Waals surface area contributed by atoms with Gasteiger partial charge in [-0.15, -0.1) is 0 Å². The lowest BCUT2D eigenvalue weighted by Crippen LogP contribution is -2.27. The van der Waals surface area contributed by atoms with E-state index in [1.165, 1.54) is 23.4 Å². The Morgan fingerprint density at radius 2 is 1.86 bits per heavy atom. The van der Waals surface area contributed by atoms with Gasteiger partial charge in [0.05, 0.1) is 34.5 Å². The van der Waals surface area contributed by atoms with Crippen molar-refractivity contribution in [2.75, 3.05) is 12.4 Å². The highest BCUT2D eigenvalue weighted by molar-refractivity contribution is 8.00. The van der Waals surface area contributed by atoms with Crippen LogP contribution in [0.4, 0.5) is 5.69 Å². The van der Waals surface area contributed by atoms with Gasteiger partial charge in [0.25, 0.3) is 5.56 Å². The molecule has 1 N–H and O–H groups in total. The molecule has 3 rings (SSSR count). The highest BCUT2D eigenvalue weighted by atomic mass is 32.2. The van der Waals surface area contributed by atoms with Gasteiger partial charge in [0.15, 0.2) is 5.16 Å². The van der Waals surface area contributed by atoms with E-state index in [0.717, 1.165) is 0 Å². The van der Waals surface area contributed by atoms with Gasteiger partial charge in [0.1, 0.15) is 0 Å². The van der Waals surface area contributed by atoms with E-state index in [2.05, 4.69) is 10.3 Å². The molecule has 8 heteroatoms. The van der Waals surface area contributed by atoms with Gasteiger partial charge in [-0.2, -0.15) is 0 Å². The third-order valence-corrected chi connectivity index (χ3v) is 5.85. The van der Waals surface area contributed by atoms with Gasteiger partial charge in [-0.1, -0.05) is 43.0 Å². The molecule has 29 heavy (non-hydrogen) atoms. The number of nitrogens with zero attached hydrogens (tertiary/aromatic N) is 2. The summed E-state index contributed by atoms with van der Waals surface area (Å²) in [6.45, 7) is 1.88. The molecule has 0 bridgehead atoms. The van der Waals surface area contributed by atoms with E-state index < -0.39 is 11.2 Å². The SMILES string of the molecule is CCC(Sc1nc2ccccc2c(=O)n1C)C(=O)Nc1ccccc1C(=O)OC. The Bertz CT molecular complexity index is 1130. The number of ether oxygens (including phenoxy) is 1. The monoisotopic (exact) mass is 411 g/mol. The highest BCUT2D eigenvalue weighted by Gasteiger charge is 2.23. The Labute approximate surface area is 172 Å². The van der Waals surface area contributed by atoms with Crippen molar-refractivity contribution in [2.45, 2.75) is 23.8 Å². The molecule has 7 nitrogen and oxygen atoms in total. The van der Waals surface area contributed by atoms with Gasteiger partial charge >= 0.3 is 5.97 Å². The van der Waals surface area contributed by atoms with Crippen LogP contribution in [0, 0.1) is 0 Å². The van der Waals surface area contributed by atoms with Crippen molar-refractivity contribution < 1.29 is 14.3 Å². The quantitative estimate of drug-likeness (QED) is 0.380. The largest absolute Gasteiger partial charge is 0.465 e. The number of amides is 1. The first-order chi connectivity index (χ1) is 14.0. The van der Waals surface area contributed by atoms with E-state index in [1.807, 2.05) is 13.0 Å². The number of carbonyl (C=O) groups excluding carboxylic acids is 2. The minimum absolute atomic E-state index is 0.163. The van der Waals surface area contributed by atoms with Crippen molar-refractivity contribution in [3.63, 3.8) is 0 Å². The van der Waals surface area contributed by atoms with E-state index >= 15 is 0 Å². The van der Waals surface area contributed by atoms with E-state index in [1.54, 1.807) is 49.5 Å². The number of rotatable bonds is 6. The molecule has 150 valence electrons. The maximum atomic E-state index is 12.9. The molecule has 0 saturated carbocycles. The van der Waals surface area contributed by atoms with Gasteiger partial charge in [0, 0.05) is 7.05 Å². The van der Waals surface area contributed by atoms with Crippen LogP contribution in [0.3, 0.4) is 0 Å². The highest BCUT2D eigenvalue weighted by Crippen LogP contribution is 2.26. The number of para-hydroxylation sites is 2. The van der Waals surface area contributed by atoms with Crippen LogP contribution in [0.2, 0.25) is 0 Å². The fourth-order valence-electron chi connectivity index (χ4n) is 2.85. The maximum Gasteiger partial charge on any atom is 0.339 e. The summed E-state index contributed by atoms with van der Waals surface area (Å²) in [5.41, 5.74) is 1.08. The minimum atomic E-state index is -0.528. The second-order valence-corrected chi connectivity index (χ2v) is 7.49. The summed E-state index contributed by atoms with van der Waals surface area (Å²) >= 11 is 1.22. The van der Waals surface area contributed by atoms with E-state index in [-0.39, 0.29) is 17.0 Å². The van der Waals surface area contributed by atoms with Crippen LogP contribution in [0.15, 0.2) is 58.5 Å². The van der Waals surface area contributed by atoms with Gasteiger partial charge in [-0.3, -0.25) is 14.2 Å². The summed E-state index contributed by atoms with van der Waals surface area (Å²) in [5, 5.41) is 3.28. The molecule has 0 aliphatic carbocycles. The molecule has 0 fully saturated rings. The van der Waals surface area contributed by atoms with Crippen LogP contribution in [0.1, 0.15) is 23.7 Å². The van der Waals surface area contributed by atoms with Crippen LogP contribution in [-0.4, -0.2) is 33.8 Å². The van der Waals surface area contributed by atoms with Gasteiger partial charge in [-0.05, 0) is 30.7 Å². The summed E-state index contributed by atoms with van der Waals surface area (Å²) in [6.07, 6.45) is 0.513. The van der Waals surface area contributed by atoms with E-state index in [0.29, 0.717) is 28.2 Å². The Morgan fingerprint density at radius 1 is 1.17 bits per heavy atom. The summed E-state index contributed by atoms with van der Waals surface area (Å²) in [5.74, 6) is -0.809. The Balaban J connectivity index is 1.87. The minimum Gasteiger partial charge on any atom is -0.465 e. The lowest BCUT2D eigenvalue weighted by molar-refractivity contribution is -0.115. The molecule has 1 amide bonds. The zero-order chi connectivity index (χ0) is 21.0. The zero-order valence-electron chi connectivity index (χ0n) is 16.3. The number of hydrogen-bond acceptors (Lipinski definition) is 6. The van der Waals surface area contributed by atoms with Gasteiger partial charge in [-0.25, -0.2) is 9.78 Å². The van der Waals surface area contributed by atoms with Crippen LogP contribution in [0.5, 0.6) is 0 Å². The molecule has 0 aliphatic rings. The Kier molecular flexibility index (Phi) is 6.33. The third-order valence-electron chi connectivity index (χ3n) is 4.44. The first kappa shape index (κ1) is 20.6. The van der Waals surface area contributed by atoms with Crippen LogP contribution < -0.4 is 10.9 Å². The first-order valence-corrected chi connectivity index (χ1v) is 9.94. The number of carbonyl (C=O) groups is 2. The number of esters is 1. The normalized spacial score (nSPS) is 11.8. The number of fused-ring (bicyclic) bond motifs is 1. The van der Waals surface area contributed by atoms with Gasteiger partial charge in [0.2, 0.25) is 5.91 Å². The molecule has 1 aromatic heterocycles. The van der Waals surface area contributed by atoms with Crippen LogP contribution in [0.25, 0.3) is 10.9 Å². The maximum absolute atomic E-state index is 12.9. The molecule has 1 atom stereocenters. The molecule has 1 heterocycles. The van der Waals surface area contributed by atoms with E-state index in [4.69, 9.17) is 4.74 Å². The number of thioether (sulfide) groups is 1. The lowest BCUT2D eigenvalue weighted by Gasteiger charge is -2.17. The number of anilines is 1. The van der Waals surface area contributed by atoms with Crippen molar-refractivity contribution in [3.8, 4) is 0 Å². The number of aromatic nitrogens is 2. The lowest BCUT2D eigenvalue weighted by atomic mass is 10.1. The number of nitrogens with one attached hydrogen (secondary N) is 1. The van der Waals surface area contributed by atoms with Crippen LogP contribution in [-0.2, 0) is 16.6 Å². The molecular weight excluding hydrogens is 390 g/mol. The van der Waals surface area contributed by atoms with Crippen molar-refractivity contribution >= 4 is 40.2 Å². The summed E-state index contributed by atoms with van der Waals surface area (Å²) in [6, 6.07) is 13.8. The Hall–Kier alpha value is -3.13. The summed E-state index contributed by atoms with van der Waals surface area (Å²) in [7, 11) is 2.93. The van der Waals surface area contributed by atoms with Crippen molar-refractivity contribution in [3.05, 3.63) is 64.4 Å². The number of benzene rings is 2. The predicted octanol–water partition coefficient (Wildman–Crippen LogP) is 3.23. The topological polar surface area (TPSA) is 90.3 Å². The van der Waals surface area contributed by atoms with Crippen molar-refractivity contribution in [1.82, 2.24) is 9.55 Å².